The standard InChI is InChI=1S/C24H31NO4/c1-16(2)28-22-12-9-18(13-23(22)27-4)15-25-24(26)17(3)29-21-11-10-19-7-5-6-8-20(19)14-21/h9-14,16-17H,5-8,15H2,1-4H3,(H,25,26)/t17-/m0/s1. The maximum atomic E-state index is 12.5. The van der Waals surface area contributed by atoms with Gasteiger partial charge in [0.2, 0.25) is 0 Å². The highest BCUT2D eigenvalue weighted by atomic mass is 16.5. The monoisotopic (exact) mass is 397 g/mol. The van der Waals surface area contributed by atoms with Gasteiger partial charge in [-0.15, -0.1) is 0 Å². The molecule has 0 aliphatic heterocycles. The number of fused-ring (bicyclic) bond motifs is 1. The summed E-state index contributed by atoms with van der Waals surface area (Å²) in [6.07, 6.45) is 4.19. The van der Waals surface area contributed by atoms with E-state index < -0.39 is 6.10 Å². The van der Waals surface area contributed by atoms with E-state index >= 15 is 0 Å². The van der Waals surface area contributed by atoms with E-state index in [4.69, 9.17) is 14.2 Å². The van der Waals surface area contributed by atoms with Crippen LogP contribution >= 0.6 is 0 Å². The Bertz CT molecular complexity index is 847. The molecule has 2 aromatic carbocycles. The molecule has 1 amide bonds. The molecule has 1 atom stereocenters. The second-order valence-electron chi connectivity index (χ2n) is 7.77. The van der Waals surface area contributed by atoms with Crippen LogP contribution < -0.4 is 19.5 Å². The van der Waals surface area contributed by atoms with E-state index in [1.165, 1.54) is 24.0 Å². The summed E-state index contributed by atoms with van der Waals surface area (Å²) in [6, 6.07) is 11.8. The van der Waals surface area contributed by atoms with Gasteiger partial charge in [0.05, 0.1) is 13.2 Å². The van der Waals surface area contributed by atoms with E-state index in [0.29, 0.717) is 18.0 Å². The summed E-state index contributed by atoms with van der Waals surface area (Å²) < 4.78 is 17.0. The zero-order chi connectivity index (χ0) is 20.8. The molecule has 29 heavy (non-hydrogen) atoms. The van der Waals surface area contributed by atoms with Crippen LogP contribution in [0, 0.1) is 0 Å². The number of hydrogen-bond donors (Lipinski definition) is 1. The van der Waals surface area contributed by atoms with Crippen LogP contribution in [0.4, 0.5) is 0 Å². The van der Waals surface area contributed by atoms with Gasteiger partial charge >= 0.3 is 0 Å². The molecule has 1 aliphatic carbocycles. The van der Waals surface area contributed by atoms with Crippen molar-refractivity contribution >= 4 is 5.91 Å². The minimum Gasteiger partial charge on any atom is -0.493 e. The molecular weight excluding hydrogens is 366 g/mol. The fraction of sp³-hybridized carbons (Fsp3) is 0.458. The lowest BCUT2D eigenvalue weighted by molar-refractivity contribution is -0.127. The van der Waals surface area contributed by atoms with Gasteiger partial charge < -0.3 is 19.5 Å². The first kappa shape index (κ1) is 21.0. The molecule has 3 rings (SSSR count). The molecule has 2 aromatic rings. The second-order valence-corrected chi connectivity index (χ2v) is 7.77. The largest absolute Gasteiger partial charge is 0.493 e. The fourth-order valence-electron chi connectivity index (χ4n) is 3.55. The lowest BCUT2D eigenvalue weighted by Gasteiger charge is -2.19. The van der Waals surface area contributed by atoms with Crippen LogP contribution in [0.15, 0.2) is 36.4 Å². The second kappa shape index (κ2) is 9.68. The van der Waals surface area contributed by atoms with Gasteiger partial charge in [0, 0.05) is 6.54 Å². The minimum atomic E-state index is -0.568. The van der Waals surface area contributed by atoms with Gasteiger partial charge in [-0.2, -0.15) is 0 Å². The predicted molar refractivity (Wildman–Crippen MR) is 114 cm³/mol. The highest BCUT2D eigenvalue weighted by Gasteiger charge is 2.17. The summed E-state index contributed by atoms with van der Waals surface area (Å²) >= 11 is 0. The summed E-state index contributed by atoms with van der Waals surface area (Å²) in [6.45, 7) is 6.11. The molecule has 0 spiro atoms. The molecule has 0 radical (unpaired) electrons. The van der Waals surface area contributed by atoms with E-state index in [0.717, 1.165) is 24.2 Å². The maximum absolute atomic E-state index is 12.5. The summed E-state index contributed by atoms with van der Waals surface area (Å²) in [5.41, 5.74) is 3.68. The number of methoxy groups -OCH3 is 1. The van der Waals surface area contributed by atoms with Gasteiger partial charge in [0.15, 0.2) is 17.6 Å². The Balaban J connectivity index is 1.56. The molecule has 0 saturated carbocycles. The van der Waals surface area contributed by atoms with Crippen molar-refractivity contribution < 1.29 is 19.0 Å². The van der Waals surface area contributed by atoms with Gasteiger partial charge in [-0.1, -0.05) is 12.1 Å². The third-order valence-corrected chi connectivity index (χ3v) is 5.06. The number of carbonyl (C=O) groups is 1. The van der Waals surface area contributed by atoms with Gasteiger partial charge in [-0.3, -0.25) is 4.79 Å². The Kier molecular flexibility index (Phi) is 7.02. The van der Waals surface area contributed by atoms with Crippen molar-refractivity contribution in [2.24, 2.45) is 0 Å². The van der Waals surface area contributed by atoms with Crippen LogP contribution in [0.25, 0.3) is 0 Å². The smallest absolute Gasteiger partial charge is 0.261 e. The average molecular weight is 398 g/mol. The van der Waals surface area contributed by atoms with Crippen molar-refractivity contribution in [1.29, 1.82) is 0 Å². The predicted octanol–water partition coefficient (Wildman–Crippen LogP) is 4.44. The summed E-state index contributed by atoms with van der Waals surface area (Å²) in [4.78, 5) is 12.5. The van der Waals surface area contributed by atoms with Crippen LogP contribution in [0.2, 0.25) is 0 Å². The van der Waals surface area contributed by atoms with Crippen molar-refractivity contribution in [3.8, 4) is 17.2 Å². The molecule has 0 fully saturated rings. The first-order valence-electron chi connectivity index (χ1n) is 10.4. The Morgan fingerprint density at radius 3 is 2.45 bits per heavy atom. The molecule has 0 bridgehead atoms. The molecule has 0 saturated heterocycles. The summed E-state index contributed by atoms with van der Waals surface area (Å²) in [7, 11) is 1.61. The molecular formula is C24H31NO4. The number of hydrogen-bond acceptors (Lipinski definition) is 4. The molecule has 0 unspecified atom stereocenters. The number of carbonyl (C=O) groups excluding carboxylic acids is 1. The van der Waals surface area contributed by atoms with Crippen molar-refractivity contribution in [3.63, 3.8) is 0 Å². The van der Waals surface area contributed by atoms with Crippen LogP contribution in [-0.2, 0) is 24.2 Å². The van der Waals surface area contributed by atoms with Crippen molar-refractivity contribution in [3.05, 3.63) is 53.1 Å². The first-order chi connectivity index (χ1) is 14.0. The molecule has 5 heteroatoms. The summed E-state index contributed by atoms with van der Waals surface area (Å²) in [5, 5.41) is 2.93. The zero-order valence-electron chi connectivity index (χ0n) is 17.8. The number of benzene rings is 2. The molecule has 156 valence electrons. The number of aryl methyl sites for hydroxylation is 2. The Labute approximate surface area is 173 Å². The van der Waals surface area contributed by atoms with Gasteiger partial charge in [0.1, 0.15) is 5.75 Å². The first-order valence-corrected chi connectivity index (χ1v) is 10.4. The SMILES string of the molecule is COc1cc(CNC(=O)[C@H](C)Oc2ccc3c(c2)CCCC3)ccc1OC(C)C. The zero-order valence-corrected chi connectivity index (χ0v) is 17.8. The third kappa shape index (κ3) is 5.66. The van der Waals surface area contributed by atoms with Gasteiger partial charge in [-0.25, -0.2) is 0 Å². The Morgan fingerprint density at radius 1 is 0.966 bits per heavy atom. The third-order valence-electron chi connectivity index (χ3n) is 5.06. The number of nitrogens with one attached hydrogen (secondary N) is 1. The number of amides is 1. The van der Waals surface area contributed by atoms with Crippen molar-refractivity contribution in [1.82, 2.24) is 5.32 Å². The molecule has 5 nitrogen and oxygen atoms in total. The quantitative estimate of drug-likeness (QED) is 0.715. The van der Waals surface area contributed by atoms with Crippen LogP contribution in [0.5, 0.6) is 17.2 Å². The highest BCUT2D eigenvalue weighted by molar-refractivity contribution is 5.80. The number of rotatable bonds is 8. The van der Waals surface area contributed by atoms with Crippen LogP contribution in [0.1, 0.15) is 50.3 Å². The fourth-order valence-corrected chi connectivity index (χ4v) is 3.55. The molecule has 0 aromatic heterocycles. The van der Waals surface area contributed by atoms with E-state index in [2.05, 4.69) is 17.4 Å². The summed E-state index contributed by atoms with van der Waals surface area (Å²) in [5.74, 6) is 1.96. The van der Waals surface area contributed by atoms with Crippen molar-refractivity contribution in [2.75, 3.05) is 7.11 Å². The lowest BCUT2D eigenvalue weighted by Crippen LogP contribution is -2.35. The minimum absolute atomic E-state index is 0.0658. The van der Waals surface area contributed by atoms with E-state index in [9.17, 15) is 4.79 Å². The van der Waals surface area contributed by atoms with Crippen LogP contribution in [0.3, 0.4) is 0 Å². The maximum Gasteiger partial charge on any atom is 0.261 e. The average Bonchev–Trinajstić information content (AvgIpc) is 2.72. The normalized spacial score (nSPS) is 14.1. The Morgan fingerprint density at radius 2 is 1.72 bits per heavy atom. The molecule has 1 N–H and O–H groups in total. The van der Waals surface area contributed by atoms with Gasteiger partial charge in [-0.05, 0) is 87.4 Å². The van der Waals surface area contributed by atoms with E-state index in [1.807, 2.05) is 38.1 Å². The van der Waals surface area contributed by atoms with Crippen molar-refractivity contribution in [2.45, 2.75) is 65.2 Å². The van der Waals surface area contributed by atoms with E-state index in [-0.39, 0.29) is 12.0 Å². The molecule has 0 heterocycles. The molecule has 1 aliphatic rings. The Hall–Kier alpha value is -2.69. The van der Waals surface area contributed by atoms with E-state index in [1.54, 1.807) is 14.0 Å². The lowest BCUT2D eigenvalue weighted by atomic mass is 9.92. The van der Waals surface area contributed by atoms with Gasteiger partial charge in [0.25, 0.3) is 5.91 Å². The topological polar surface area (TPSA) is 56.8 Å². The highest BCUT2D eigenvalue weighted by Crippen LogP contribution is 2.29. The van der Waals surface area contributed by atoms with Crippen LogP contribution in [-0.4, -0.2) is 25.2 Å². The number of ether oxygens (including phenoxy) is 3.